The highest BCUT2D eigenvalue weighted by Crippen LogP contribution is 2.25. The summed E-state index contributed by atoms with van der Waals surface area (Å²) in [6.45, 7) is 3.20. The molecule has 1 atom stereocenters. The molecule has 122 valence electrons. The van der Waals surface area contributed by atoms with Gasteiger partial charge in [-0.1, -0.05) is 23.9 Å². The van der Waals surface area contributed by atoms with Crippen molar-refractivity contribution in [3.8, 4) is 5.75 Å². The summed E-state index contributed by atoms with van der Waals surface area (Å²) < 4.78 is 6.07. The van der Waals surface area contributed by atoms with E-state index in [1.54, 1.807) is 25.1 Å². The van der Waals surface area contributed by atoms with Crippen molar-refractivity contribution in [1.82, 2.24) is 14.9 Å². The normalized spacial score (nSPS) is 11.8. The fraction of sp³-hybridized carbons (Fsp3) is 0.286. The highest BCUT2D eigenvalue weighted by atomic mass is 32.2. The number of carbonyl (C=O) groups excluding carboxylic acids is 1. The third kappa shape index (κ3) is 3.81. The monoisotopic (exact) mass is 335 g/mol. The highest BCUT2D eigenvalue weighted by Gasteiger charge is 2.19. The van der Waals surface area contributed by atoms with Gasteiger partial charge >= 0.3 is 0 Å². The maximum Gasteiger partial charge on any atom is 0.294 e. The SMILES string of the molecule is COc1ccccc1NC(=O)[C@@H](C)Sc1nnc(C)c(=O)n1N. The average Bonchev–Trinajstić information content (AvgIpc) is 2.55. The number of hydrogen-bond acceptors (Lipinski definition) is 7. The Hall–Kier alpha value is -2.55. The van der Waals surface area contributed by atoms with Crippen molar-refractivity contribution in [2.75, 3.05) is 18.3 Å². The van der Waals surface area contributed by atoms with Crippen LogP contribution in [0.4, 0.5) is 5.69 Å². The molecule has 0 unspecified atom stereocenters. The van der Waals surface area contributed by atoms with E-state index in [4.69, 9.17) is 10.6 Å². The minimum atomic E-state index is -0.536. The number of hydrogen-bond donors (Lipinski definition) is 2. The number of benzene rings is 1. The molecule has 0 aliphatic heterocycles. The fourth-order valence-corrected chi connectivity index (χ4v) is 2.51. The van der Waals surface area contributed by atoms with Crippen LogP contribution in [0.2, 0.25) is 0 Å². The van der Waals surface area contributed by atoms with Gasteiger partial charge in [-0.3, -0.25) is 9.59 Å². The Morgan fingerprint density at radius 3 is 2.78 bits per heavy atom. The Labute approximate surface area is 137 Å². The van der Waals surface area contributed by atoms with Gasteiger partial charge in [0.05, 0.1) is 18.0 Å². The molecule has 0 aliphatic carbocycles. The lowest BCUT2D eigenvalue weighted by Gasteiger charge is -2.14. The van der Waals surface area contributed by atoms with Crippen molar-refractivity contribution >= 4 is 23.4 Å². The number of carbonyl (C=O) groups is 1. The third-order valence-corrected chi connectivity index (χ3v) is 4.09. The second-order valence-corrected chi connectivity index (χ2v) is 6.00. The molecule has 0 bridgehead atoms. The molecular formula is C14H17N5O3S. The topological polar surface area (TPSA) is 112 Å². The number of methoxy groups -OCH3 is 1. The van der Waals surface area contributed by atoms with E-state index in [1.807, 2.05) is 6.07 Å². The molecule has 1 heterocycles. The Kier molecular flexibility index (Phi) is 5.22. The van der Waals surface area contributed by atoms with Crippen molar-refractivity contribution in [3.63, 3.8) is 0 Å². The van der Waals surface area contributed by atoms with E-state index >= 15 is 0 Å². The summed E-state index contributed by atoms with van der Waals surface area (Å²) in [4.78, 5) is 24.0. The third-order valence-electron chi connectivity index (χ3n) is 3.04. The van der Waals surface area contributed by atoms with Gasteiger partial charge in [-0.2, -0.15) is 4.68 Å². The molecule has 1 amide bonds. The zero-order valence-corrected chi connectivity index (χ0v) is 13.8. The van der Waals surface area contributed by atoms with Gasteiger partial charge in [0.25, 0.3) is 5.56 Å². The number of ether oxygens (including phenoxy) is 1. The number of amides is 1. The van der Waals surface area contributed by atoms with Crippen LogP contribution in [0.3, 0.4) is 0 Å². The molecule has 0 saturated heterocycles. The second-order valence-electron chi connectivity index (χ2n) is 4.69. The number of nitrogen functional groups attached to an aromatic ring is 1. The van der Waals surface area contributed by atoms with Crippen molar-refractivity contribution in [2.45, 2.75) is 24.3 Å². The van der Waals surface area contributed by atoms with Crippen LogP contribution in [0.25, 0.3) is 0 Å². The standard InChI is InChI=1S/C14H17N5O3S/c1-8-13(21)19(15)14(18-17-8)23-9(2)12(20)16-10-6-4-5-7-11(10)22-3/h4-7,9H,15H2,1-3H3,(H,16,20)/t9-/m1/s1. The summed E-state index contributed by atoms with van der Waals surface area (Å²) in [5.74, 6) is 5.95. The molecule has 3 N–H and O–H groups in total. The van der Waals surface area contributed by atoms with E-state index in [2.05, 4.69) is 15.5 Å². The van der Waals surface area contributed by atoms with Crippen LogP contribution in [-0.4, -0.2) is 33.1 Å². The highest BCUT2D eigenvalue weighted by molar-refractivity contribution is 8.00. The molecule has 0 saturated carbocycles. The summed E-state index contributed by atoms with van der Waals surface area (Å²) >= 11 is 1.05. The quantitative estimate of drug-likeness (QED) is 0.613. The summed E-state index contributed by atoms with van der Waals surface area (Å²) in [5, 5.41) is 9.97. The molecule has 9 heteroatoms. The number of aromatic nitrogens is 3. The van der Waals surface area contributed by atoms with Crippen LogP contribution < -0.4 is 21.5 Å². The van der Waals surface area contributed by atoms with Crippen LogP contribution in [0.15, 0.2) is 34.2 Å². The molecule has 23 heavy (non-hydrogen) atoms. The summed E-state index contributed by atoms with van der Waals surface area (Å²) in [6.07, 6.45) is 0. The number of anilines is 1. The lowest BCUT2D eigenvalue weighted by molar-refractivity contribution is -0.115. The first-order valence-electron chi connectivity index (χ1n) is 6.76. The van der Waals surface area contributed by atoms with Gasteiger partial charge in [0, 0.05) is 0 Å². The predicted molar refractivity (Wildman–Crippen MR) is 88.1 cm³/mol. The Bertz CT molecular complexity index is 777. The molecule has 2 aromatic rings. The van der Waals surface area contributed by atoms with Crippen molar-refractivity contribution in [3.05, 3.63) is 40.3 Å². The maximum atomic E-state index is 12.3. The predicted octanol–water partition coefficient (Wildman–Crippen LogP) is 0.788. The summed E-state index contributed by atoms with van der Waals surface area (Å²) in [5.41, 5.74) is 0.315. The molecule has 0 spiro atoms. The van der Waals surface area contributed by atoms with Crippen molar-refractivity contribution < 1.29 is 9.53 Å². The molecule has 0 aliphatic rings. The minimum absolute atomic E-state index is 0.170. The fourth-order valence-electron chi connectivity index (χ4n) is 1.74. The Morgan fingerprint density at radius 1 is 1.39 bits per heavy atom. The van der Waals surface area contributed by atoms with Gasteiger partial charge in [0.15, 0.2) is 0 Å². The molecule has 8 nitrogen and oxygen atoms in total. The number of thioether (sulfide) groups is 1. The first kappa shape index (κ1) is 16.8. The average molecular weight is 335 g/mol. The van der Waals surface area contributed by atoms with Crippen LogP contribution in [0.5, 0.6) is 5.75 Å². The van der Waals surface area contributed by atoms with Gasteiger partial charge in [-0.15, -0.1) is 10.2 Å². The zero-order valence-electron chi connectivity index (χ0n) is 12.9. The minimum Gasteiger partial charge on any atom is -0.495 e. The van der Waals surface area contributed by atoms with E-state index in [-0.39, 0.29) is 16.8 Å². The van der Waals surface area contributed by atoms with Gasteiger partial charge < -0.3 is 15.9 Å². The van der Waals surface area contributed by atoms with Crippen LogP contribution in [0.1, 0.15) is 12.6 Å². The van der Waals surface area contributed by atoms with E-state index in [1.165, 1.54) is 14.0 Å². The number of nitrogens with two attached hydrogens (primary N) is 1. The first-order valence-corrected chi connectivity index (χ1v) is 7.64. The van der Waals surface area contributed by atoms with E-state index in [9.17, 15) is 9.59 Å². The lowest BCUT2D eigenvalue weighted by Crippen LogP contribution is -2.33. The largest absolute Gasteiger partial charge is 0.495 e. The molecule has 2 rings (SSSR count). The lowest BCUT2D eigenvalue weighted by atomic mass is 10.3. The first-order chi connectivity index (χ1) is 10.9. The number of rotatable bonds is 5. The van der Waals surface area contributed by atoms with Gasteiger partial charge in [0.2, 0.25) is 11.1 Å². The molecule has 1 aromatic carbocycles. The van der Waals surface area contributed by atoms with Crippen LogP contribution in [0, 0.1) is 6.92 Å². The smallest absolute Gasteiger partial charge is 0.294 e. The Morgan fingerprint density at radius 2 is 2.09 bits per heavy atom. The number of nitrogens with zero attached hydrogens (tertiary/aromatic N) is 3. The number of nitrogens with one attached hydrogen (secondary N) is 1. The van der Waals surface area contributed by atoms with Gasteiger partial charge in [0.1, 0.15) is 11.4 Å². The van der Waals surface area contributed by atoms with Crippen molar-refractivity contribution in [2.24, 2.45) is 0 Å². The number of aryl methyl sites for hydroxylation is 1. The number of para-hydroxylation sites is 2. The molecular weight excluding hydrogens is 318 g/mol. The van der Waals surface area contributed by atoms with Crippen molar-refractivity contribution in [1.29, 1.82) is 0 Å². The summed E-state index contributed by atoms with van der Waals surface area (Å²) in [7, 11) is 1.53. The molecule has 1 aromatic heterocycles. The summed E-state index contributed by atoms with van der Waals surface area (Å²) in [6, 6.07) is 7.08. The molecule has 0 fully saturated rings. The van der Waals surface area contributed by atoms with E-state index in [0.29, 0.717) is 11.4 Å². The van der Waals surface area contributed by atoms with Gasteiger partial charge in [-0.05, 0) is 26.0 Å². The Balaban J connectivity index is 2.12. The maximum absolute atomic E-state index is 12.3. The van der Waals surface area contributed by atoms with Crippen LogP contribution >= 0.6 is 11.8 Å². The van der Waals surface area contributed by atoms with E-state index < -0.39 is 10.8 Å². The zero-order chi connectivity index (χ0) is 17.0. The van der Waals surface area contributed by atoms with Gasteiger partial charge in [-0.25, -0.2) is 0 Å². The second kappa shape index (κ2) is 7.14. The molecule has 0 radical (unpaired) electrons. The van der Waals surface area contributed by atoms with Crippen LogP contribution in [-0.2, 0) is 4.79 Å². The van der Waals surface area contributed by atoms with E-state index in [0.717, 1.165) is 16.4 Å².